The van der Waals surface area contributed by atoms with Crippen LogP contribution in [-0.4, -0.2) is 34.9 Å². The number of hydrogen-bond acceptors (Lipinski definition) is 4. The molecule has 232 valence electrons. The highest BCUT2D eigenvalue weighted by atomic mass is 16.6. The van der Waals surface area contributed by atoms with E-state index < -0.39 is 17.7 Å². The van der Waals surface area contributed by atoms with Crippen LogP contribution < -0.4 is 11.1 Å². The van der Waals surface area contributed by atoms with Crippen molar-refractivity contribution in [3.63, 3.8) is 0 Å². The molecule has 0 aromatic heterocycles. The molecule has 2 amide bonds. The number of fused-ring (bicyclic) bond motifs is 7. The molecule has 0 aromatic carbocycles. The van der Waals surface area contributed by atoms with Gasteiger partial charge in [0.1, 0.15) is 11.6 Å². The fourth-order valence-electron chi connectivity index (χ4n) is 12.2. The molecule has 0 spiro atoms. The third-order valence-electron chi connectivity index (χ3n) is 14.5. The molecular weight excluding hydrogens is 512 g/mol. The summed E-state index contributed by atoms with van der Waals surface area (Å²) in [5, 5.41) is 13.7. The molecule has 5 aliphatic rings. The summed E-state index contributed by atoms with van der Waals surface area (Å²) in [6.07, 6.45) is 10.3. The fraction of sp³-hybridized carbons (Fsp3) is 0.886. The predicted molar refractivity (Wildman–Crippen MR) is 163 cm³/mol. The highest BCUT2D eigenvalue weighted by Crippen LogP contribution is 2.76. The second-order valence-electron chi connectivity index (χ2n) is 16.8. The number of carbonyl (C=O) groups excluding carboxylic acids is 2. The second kappa shape index (κ2) is 9.99. The van der Waals surface area contributed by atoms with Gasteiger partial charge in [0.25, 0.3) is 0 Å². The maximum absolute atomic E-state index is 13.7. The number of ether oxygens (including phenoxy) is 1. The van der Waals surface area contributed by atoms with Gasteiger partial charge in [0.2, 0.25) is 0 Å². The number of urea groups is 1. The minimum absolute atomic E-state index is 0.0512. The van der Waals surface area contributed by atoms with Gasteiger partial charge in [-0.25, -0.2) is 9.59 Å². The van der Waals surface area contributed by atoms with E-state index in [9.17, 15) is 14.7 Å². The first-order valence-electron chi connectivity index (χ1n) is 16.6. The summed E-state index contributed by atoms with van der Waals surface area (Å²) in [6.45, 7) is 22.8. The lowest BCUT2D eigenvalue weighted by Gasteiger charge is -2.72. The molecule has 5 fully saturated rings. The first kappa shape index (κ1) is 30.9. The summed E-state index contributed by atoms with van der Waals surface area (Å²) < 4.78 is 6.64. The Morgan fingerprint density at radius 3 is 2.20 bits per heavy atom. The van der Waals surface area contributed by atoms with Gasteiger partial charge < -0.3 is 20.9 Å². The van der Waals surface area contributed by atoms with E-state index in [1.807, 2.05) is 13.8 Å². The van der Waals surface area contributed by atoms with Crippen molar-refractivity contribution in [1.82, 2.24) is 5.32 Å². The van der Waals surface area contributed by atoms with Crippen LogP contribution in [0, 0.1) is 57.2 Å². The van der Waals surface area contributed by atoms with Crippen LogP contribution in [0.4, 0.5) is 4.79 Å². The van der Waals surface area contributed by atoms with Crippen LogP contribution in [0.3, 0.4) is 0 Å². The molecule has 6 heteroatoms. The molecule has 5 aliphatic carbocycles. The predicted octanol–water partition coefficient (Wildman–Crippen LogP) is 6.99. The largest absolute Gasteiger partial charge is 0.457 e. The van der Waals surface area contributed by atoms with E-state index in [0.717, 1.165) is 44.9 Å². The Morgan fingerprint density at radius 2 is 1.59 bits per heavy atom. The number of amides is 2. The highest BCUT2D eigenvalue weighted by Gasteiger charge is 2.71. The minimum Gasteiger partial charge on any atom is -0.457 e. The molecule has 6 nitrogen and oxygen atoms in total. The number of allylic oxidation sites excluding steroid dienone is 1. The fourth-order valence-corrected chi connectivity index (χ4v) is 12.2. The lowest BCUT2D eigenvalue weighted by atomic mass is 9.33. The van der Waals surface area contributed by atoms with Gasteiger partial charge in [-0.15, -0.1) is 0 Å². The van der Waals surface area contributed by atoms with Crippen molar-refractivity contribution >= 4 is 12.0 Å². The summed E-state index contributed by atoms with van der Waals surface area (Å²) in [4.78, 5) is 25.4. The van der Waals surface area contributed by atoms with Crippen molar-refractivity contribution in [3.05, 3.63) is 12.2 Å². The molecule has 0 heterocycles. The van der Waals surface area contributed by atoms with Crippen LogP contribution in [0.15, 0.2) is 12.2 Å². The Bertz CT molecular complexity index is 1090. The SMILES string of the molecule is C=C(C)[C@@H]1CC[C@]2(OC(=O)[C@@H](NC(N)=O)C(C)C)CC[C@]3(C)[C@H](CCC4[C@@]5(C)CC[C@H](O)C(C)(C)[C@@H]5CC[C@]43C)[C@@H]12. The lowest BCUT2D eigenvalue weighted by Crippen LogP contribution is -2.67. The second-order valence-corrected chi connectivity index (χ2v) is 16.8. The molecule has 0 radical (unpaired) electrons. The Morgan fingerprint density at radius 1 is 0.902 bits per heavy atom. The molecule has 0 saturated heterocycles. The zero-order chi connectivity index (χ0) is 30.3. The third kappa shape index (κ3) is 4.34. The molecule has 0 bridgehead atoms. The van der Waals surface area contributed by atoms with E-state index in [0.29, 0.717) is 23.7 Å². The van der Waals surface area contributed by atoms with Gasteiger partial charge in [-0.2, -0.15) is 0 Å². The Kier molecular flexibility index (Phi) is 7.53. The molecule has 11 atom stereocenters. The lowest BCUT2D eigenvalue weighted by molar-refractivity contribution is -0.257. The molecular formula is C35H58N2O4. The number of carbonyl (C=O) groups is 2. The average Bonchev–Trinajstić information content (AvgIpc) is 3.25. The topological polar surface area (TPSA) is 102 Å². The van der Waals surface area contributed by atoms with Crippen molar-refractivity contribution in [2.24, 2.45) is 62.9 Å². The summed E-state index contributed by atoms with van der Waals surface area (Å²) in [6, 6.07) is -1.43. The molecule has 5 saturated carbocycles. The quantitative estimate of drug-likeness (QED) is 0.245. The van der Waals surface area contributed by atoms with E-state index >= 15 is 0 Å². The molecule has 1 unspecified atom stereocenters. The van der Waals surface area contributed by atoms with Crippen LogP contribution in [0.2, 0.25) is 0 Å². The normalized spacial score (nSPS) is 47.3. The molecule has 0 aromatic rings. The van der Waals surface area contributed by atoms with Crippen molar-refractivity contribution in [3.8, 4) is 0 Å². The third-order valence-corrected chi connectivity index (χ3v) is 14.5. The number of nitrogens with one attached hydrogen (secondary N) is 1. The van der Waals surface area contributed by atoms with Crippen LogP contribution in [0.1, 0.15) is 120 Å². The highest BCUT2D eigenvalue weighted by molar-refractivity contribution is 5.83. The van der Waals surface area contributed by atoms with Gasteiger partial charge in [-0.1, -0.05) is 60.6 Å². The van der Waals surface area contributed by atoms with Gasteiger partial charge in [0, 0.05) is 5.92 Å². The van der Waals surface area contributed by atoms with Crippen LogP contribution in [0.25, 0.3) is 0 Å². The summed E-state index contributed by atoms with van der Waals surface area (Å²) in [5.41, 5.74) is 6.67. The number of nitrogens with two attached hydrogens (primary N) is 1. The Balaban J connectivity index is 1.50. The monoisotopic (exact) mass is 570 g/mol. The first-order chi connectivity index (χ1) is 18.9. The first-order valence-corrected chi connectivity index (χ1v) is 16.6. The van der Waals surface area contributed by atoms with Crippen LogP contribution >= 0.6 is 0 Å². The summed E-state index contributed by atoms with van der Waals surface area (Å²) in [5.74, 6) is 1.76. The summed E-state index contributed by atoms with van der Waals surface area (Å²) in [7, 11) is 0. The van der Waals surface area contributed by atoms with E-state index in [2.05, 4.69) is 53.4 Å². The number of aliphatic hydroxyl groups excluding tert-OH is 1. The summed E-state index contributed by atoms with van der Waals surface area (Å²) >= 11 is 0. The smallest absolute Gasteiger partial charge is 0.329 e. The van der Waals surface area contributed by atoms with Gasteiger partial charge in [0.05, 0.1) is 6.10 Å². The molecule has 4 N–H and O–H groups in total. The number of primary amides is 1. The number of esters is 1. The molecule has 0 aliphatic heterocycles. The maximum atomic E-state index is 13.7. The maximum Gasteiger partial charge on any atom is 0.329 e. The van der Waals surface area contributed by atoms with Crippen molar-refractivity contribution in [1.29, 1.82) is 0 Å². The number of rotatable bonds is 5. The molecule has 41 heavy (non-hydrogen) atoms. The van der Waals surface area contributed by atoms with Gasteiger partial charge in [0.15, 0.2) is 0 Å². The van der Waals surface area contributed by atoms with E-state index in [-0.39, 0.29) is 45.6 Å². The van der Waals surface area contributed by atoms with Crippen molar-refractivity contribution in [2.75, 3.05) is 0 Å². The van der Waals surface area contributed by atoms with Gasteiger partial charge >= 0.3 is 12.0 Å². The van der Waals surface area contributed by atoms with Crippen molar-refractivity contribution < 1.29 is 19.4 Å². The number of hydrogen-bond donors (Lipinski definition) is 3. The van der Waals surface area contributed by atoms with E-state index in [1.54, 1.807) is 0 Å². The van der Waals surface area contributed by atoms with E-state index in [1.165, 1.54) is 24.8 Å². The zero-order valence-corrected chi connectivity index (χ0v) is 27.1. The zero-order valence-electron chi connectivity index (χ0n) is 27.1. The Labute approximate surface area is 249 Å². The van der Waals surface area contributed by atoms with Gasteiger partial charge in [-0.05, 0) is 122 Å². The van der Waals surface area contributed by atoms with Crippen LogP contribution in [-0.2, 0) is 9.53 Å². The standard InChI is InChI=1S/C35H58N2O4/c1-20(2)22-12-17-35(41-29(39)28(21(3)4)37-30(36)40)19-18-33(8)23(27(22)35)10-11-25-32(7)15-14-26(38)31(5,6)24(32)13-16-34(25,33)9/h21-28,38H,1,10-19H2,2-9H3,(H3,36,37,40)/t22-,23+,24-,25?,26-,27+,28-,32-,33+,34+,35-/m0/s1. The van der Waals surface area contributed by atoms with Crippen molar-refractivity contribution in [2.45, 2.75) is 137 Å². The minimum atomic E-state index is -0.742. The average molecular weight is 571 g/mol. The van der Waals surface area contributed by atoms with E-state index in [4.69, 9.17) is 10.5 Å². The Hall–Kier alpha value is -1.56. The molecule has 5 rings (SSSR count). The number of aliphatic hydroxyl groups is 1. The van der Waals surface area contributed by atoms with Gasteiger partial charge in [-0.3, -0.25) is 0 Å². The van der Waals surface area contributed by atoms with Crippen LogP contribution in [0.5, 0.6) is 0 Å².